The molecular weight excluding hydrogens is 424 g/mol. The second-order valence-corrected chi connectivity index (χ2v) is 8.38. The maximum Gasteiger partial charge on any atom is 0.340 e. The summed E-state index contributed by atoms with van der Waals surface area (Å²) in [7, 11) is -4.16. The number of esters is 1. The van der Waals surface area contributed by atoms with Crippen molar-refractivity contribution >= 4 is 33.3 Å². The fraction of sp³-hybridized carbons (Fsp3) is 0.353. The van der Waals surface area contributed by atoms with Crippen molar-refractivity contribution in [3.05, 3.63) is 51.8 Å². The van der Waals surface area contributed by atoms with Crippen molar-refractivity contribution in [3.63, 3.8) is 0 Å². The first-order chi connectivity index (χ1) is 13.8. The van der Waals surface area contributed by atoms with Gasteiger partial charge >= 0.3 is 5.97 Å². The zero-order valence-electron chi connectivity index (χ0n) is 15.2. The van der Waals surface area contributed by atoms with Crippen LogP contribution >= 0.6 is 11.6 Å². The summed E-state index contributed by atoms with van der Waals surface area (Å²) in [5.41, 5.74) is 0.189. The topological polar surface area (TPSA) is 144 Å². The van der Waals surface area contributed by atoms with Crippen LogP contribution in [0.5, 0.6) is 0 Å². The summed E-state index contributed by atoms with van der Waals surface area (Å²) in [5, 5.41) is 12.2. The van der Waals surface area contributed by atoms with Crippen LogP contribution in [0.15, 0.2) is 45.1 Å². The molecule has 0 bridgehead atoms. The van der Waals surface area contributed by atoms with Crippen molar-refractivity contribution in [2.45, 2.75) is 30.3 Å². The minimum atomic E-state index is -4.16. The monoisotopic (exact) mass is 442 g/mol. The van der Waals surface area contributed by atoms with Crippen LogP contribution in [0.2, 0.25) is 5.02 Å². The Bertz CT molecular complexity index is 996. The Morgan fingerprint density at radius 1 is 1.45 bits per heavy atom. The molecule has 1 aliphatic heterocycles. The van der Waals surface area contributed by atoms with E-state index < -0.39 is 20.9 Å². The molecule has 0 saturated carbocycles. The van der Waals surface area contributed by atoms with Crippen LogP contribution in [0.3, 0.4) is 0 Å². The third-order valence-corrected chi connectivity index (χ3v) is 5.86. The van der Waals surface area contributed by atoms with E-state index in [1.54, 1.807) is 12.1 Å². The highest BCUT2D eigenvalue weighted by Crippen LogP contribution is 2.29. The number of rotatable bonds is 8. The fourth-order valence-corrected chi connectivity index (χ4v) is 4.13. The van der Waals surface area contributed by atoms with Gasteiger partial charge in [0.25, 0.3) is 0 Å². The molecule has 29 heavy (non-hydrogen) atoms. The first kappa shape index (κ1) is 21.1. The molecule has 0 unspecified atom stereocenters. The lowest BCUT2D eigenvalue weighted by Gasteiger charge is -2.18. The van der Waals surface area contributed by atoms with Crippen molar-refractivity contribution in [2.75, 3.05) is 18.5 Å². The van der Waals surface area contributed by atoms with E-state index in [0.29, 0.717) is 18.7 Å². The highest BCUT2D eigenvalue weighted by Gasteiger charge is 2.27. The van der Waals surface area contributed by atoms with Crippen molar-refractivity contribution < 1.29 is 22.4 Å². The third kappa shape index (κ3) is 5.05. The highest BCUT2D eigenvalue weighted by atomic mass is 35.5. The summed E-state index contributed by atoms with van der Waals surface area (Å²) in [5.74, 6) is -0.194. The van der Waals surface area contributed by atoms with Crippen LogP contribution in [0, 0.1) is 4.91 Å². The number of furan rings is 1. The van der Waals surface area contributed by atoms with E-state index in [4.69, 9.17) is 25.9 Å². The number of halogens is 1. The number of hydrogen-bond acceptors (Lipinski definition) is 8. The molecule has 1 aliphatic rings. The van der Waals surface area contributed by atoms with Crippen LogP contribution in [-0.2, 0) is 21.3 Å². The Hall–Kier alpha value is -2.63. The number of nitrogens with zero attached hydrogens (tertiary/aromatic N) is 2. The molecule has 1 aromatic heterocycles. The molecule has 1 fully saturated rings. The maximum absolute atomic E-state index is 12.7. The van der Waals surface area contributed by atoms with E-state index in [1.807, 2.05) is 0 Å². The molecule has 0 amide bonds. The predicted molar refractivity (Wildman–Crippen MR) is 105 cm³/mol. The Morgan fingerprint density at radius 3 is 2.90 bits per heavy atom. The SMILES string of the molecule is NS(=O)(=O)c1cc(C(=O)OC[C@@H]2CCCN2N=O)c(NCc2ccco2)cc1Cl. The largest absolute Gasteiger partial charge is 0.467 e. The van der Waals surface area contributed by atoms with E-state index in [2.05, 4.69) is 10.6 Å². The van der Waals surface area contributed by atoms with Gasteiger partial charge in [-0.25, -0.2) is 18.4 Å². The molecule has 1 aromatic carbocycles. The number of primary sulfonamides is 1. The number of hydrogen-bond donors (Lipinski definition) is 2. The summed E-state index contributed by atoms with van der Waals surface area (Å²) in [6.07, 6.45) is 2.92. The van der Waals surface area contributed by atoms with Crippen LogP contribution in [0.25, 0.3) is 0 Å². The predicted octanol–water partition coefficient (Wildman–Crippen LogP) is 2.50. The van der Waals surface area contributed by atoms with Gasteiger partial charge in [0.15, 0.2) is 0 Å². The van der Waals surface area contributed by atoms with Crippen LogP contribution in [0.1, 0.15) is 29.0 Å². The zero-order valence-corrected chi connectivity index (χ0v) is 16.8. The molecule has 156 valence electrons. The summed E-state index contributed by atoms with van der Waals surface area (Å²) < 4.78 is 34.1. The Labute approximate surface area is 171 Å². The highest BCUT2D eigenvalue weighted by molar-refractivity contribution is 7.89. The van der Waals surface area contributed by atoms with Crippen molar-refractivity contribution in [3.8, 4) is 0 Å². The first-order valence-corrected chi connectivity index (χ1v) is 10.6. The van der Waals surface area contributed by atoms with Gasteiger partial charge in [-0.1, -0.05) is 11.6 Å². The van der Waals surface area contributed by atoms with Gasteiger partial charge < -0.3 is 14.5 Å². The van der Waals surface area contributed by atoms with Gasteiger partial charge in [0.2, 0.25) is 10.0 Å². The quantitative estimate of drug-likeness (QED) is 0.468. The maximum atomic E-state index is 12.7. The van der Waals surface area contributed by atoms with Gasteiger partial charge in [0.05, 0.1) is 40.4 Å². The molecule has 0 radical (unpaired) electrons. The van der Waals surface area contributed by atoms with Gasteiger partial charge in [0, 0.05) is 6.54 Å². The molecule has 2 heterocycles. The number of nitroso groups, excluding NO2 is 1. The number of nitrogens with two attached hydrogens (primary N) is 1. The summed E-state index contributed by atoms with van der Waals surface area (Å²) >= 11 is 6.04. The number of anilines is 1. The molecule has 1 atom stereocenters. The minimum absolute atomic E-state index is 0.0600. The lowest BCUT2D eigenvalue weighted by molar-refractivity contribution is 0.0399. The standard InChI is InChI=1S/C17H19ClN4O6S/c18-14-8-15(20-9-12-4-2-6-27-12)13(7-16(14)29(19,25)26)17(23)28-10-11-3-1-5-22(11)21-24/h2,4,6-8,11,20H,1,3,5,9-10H2,(H2,19,25,26)/t11-/m0/s1. The molecule has 0 spiro atoms. The number of ether oxygens (including phenoxy) is 1. The van der Waals surface area contributed by atoms with E-state index in [-0.39, 0.29) is 35.5 Å². The lowest BCUT2D eigenvalue weighted by Crippen LogP contribution is -2.29. The van der Waals surface area contributed by atoms with E-state index >= 15 is 0 Å². The second-order valence-electron chi connectivity index (χ2n) is 6.45. The molecule has 2 aromatic rings. The summed E-state index contributed by atoms with van der Waals surface area (Å²) in [6.45, 7) is 0.664. The smallest absolute Gasteiger partial charge is 0.340 e. The van der Waals surface area contributed by atoms with E-state index in [1.165, 1.54) is 17.3 Å². The van der Waals surface area contributed by atoms with Crippen LogP contribution < -0.4 is 10.5 Å². The fourth-order valence-electron chi connectivity index (χ4n) is 3.03. The van der Waals surface area contributed by atoms with Gasteiger partial charge in [-0.05, 0) is 37.1 Å². The molecule has 3 N–H and O–H groups in total. The van der Waals surface area contributed by atoms with Crippen molar-refractivity contribution in [1.82, 2.24) is 5.01 Å². The minimum Gasteiger partial charge on any atom is -0.467 e. The summed E-state index contributed by atoms with van der Waals surface area (Å²) in [6, 6.07) is 5.47. The number of sulfonamides is 1. The Balaban J connectivity index is 1.84. The molecular formula is C17H19ClN4O6S. The average molecular weight is 443 g/mol. The number of carbonyl (C=O) groups is 1. The number of nitrogens with one attached hydrogen (secondary N) is 1. The van der Waals surface area contributed by atoms with Crippen molar-refractivity contribution in [2.24, 2.45) is 10.4 Å². The Kier molecular flexibility index (Phi) is 6.40. The van der Waals surface area contributed by atoms with Gasteiger partial charge in [0.1, 0.15) is 17.3 Å². The third-order valence-electron chi connectivity index (χ3n) is 4.49. The summed E-state index contributed by atoms with van der Waals surface area (Å²) in [4.78, 5) is 23.1. The molecule has 1 saturated heterocycles. The first-order valence-electron chi connectivity index (χ1n) is 8.69. The molecule has 12 heteroatoms. The zero-order chi connectivity index (χ0) is 21.0. The average Bonchev–Trinajstić information content (AvgIpc) is 3.34. The van der Waals surface area contributed by atoms with E-state index in [9.17, 15) is 18.1 Å². The molecule has 10 nitrogen and oxygen atoms in total. The van der Waals surface area contributed by atoms with Gasteiger partial charge in [-0.15, -0.1) is 4.91 Å². The van der Waals surface area contributed by atoms with Crippen LogP contribution in [0.4, 0.5) is 5.69 Å². The van der Waals surface area contributed by atoms with Crippen molar-refractivity contribution in [1.29, 1.82) is 0 Å². The van der Waals surface area contributed by atoms with Gasteiger partial charge in [-0.2, -0.15) is 0 Å². The van der Waals surface area contributed by atoms with E-state index in [0.717, 1.165) is 12.5 Å². The number of carbonyl (C=O) groups excluding carboxylic acids is 1. The molecule has 3 rings (SSSR count). The van der Waals surface area contributed by atoms with Crippen LogP contribution in [-0.4, -0.2) is 38.6 Å². The molecule has 0 aliphatic carbocycles. The number of benzene rings is 1. The normalized spacial score (nSPS) is 16.6. The Morgan fingerprint density at radius 2 is 2.24 bits per heavy atom. The lowest BCUT2D eigenvalue weighted by atomic mass is 10.1. The van der Waals surface area contributed by atoms with Gasteiger partial charge in [-0.3, -0.25) is 5.01 Å². The second kappa shape index (κ2) is 8.80.